The fourth-order valence-corrected chi connectivity index (χ4v) is 2.05. The van der Waals surface area contributed by atoms with Crippen molar-refractivity contribution in [2.75, 3.05) is 5.32 Å². The Bertz CT molecular complexity index is 787. The normalized spacial score (nSPS) is 10.3. The molecule has 0 atom stereocenters. The first kappa shape index (κ1) is 16.9. The van der Waals surface area contributed by atoms with Crippen LogP contribution in [-0.4, -0.2) is 28.0 Å². The monoisotopic (exact) mass is 338 g/mol. The number of halogens is 2. The van der Waals surface area contributed by atoms with E-state index in [1.807, 2.05) is 0 Å². The molecule has 118 valence electrons. The van der Waals surface area contributed by atoms with Crippen molar-refractivity contribution in [2.45, 2.75) is 0 Å². The van der Waals surface area contributed by atoms with Gasteiger partial charge in [0.25, 0.3) is 11.6 Å². The van der Waals surface area contributed by atoms with Crippen LogP contribution in [0.1, 0.15) is 10.4 Å². The van der Waals surface area contributed by atoms with Crippen molar-refractivity contribution in [3.8, 4) is 0 Å². The second-order valence-electron chi connectivity index (χ2n) is 4.48. The Hall–Kier alpha value is -2.49. The summed E-state index contributed by atoms with van der Waals surface area (Å²) in [4.78, 5) is 22.2. The molecule has 0 fully saturated rings. The summed E-state index contributed by atoms with van der Waals surface area (Å²) >= 11 is 5.76. The van der Waals surface area contributed by atoms with Gasteiger partial charge in [-0.1, -0.05) is 11.6 Å². The number of nitro benzene ring substituents is 1. The third kappa shape index (κ3) is 3.83. The van der Waals surface area contributed by atoms with Crippen LogP contribution in [0.25, 0.3) is 0 Å². The molecule has 7 nitrogen and oxygen atoms in total. The van der Waals surface area contributed by atoms with E-state index in [1.165, 1.54) is 12.1 Å². The van der Waals surface area contributed by atoms with Crippen LogP contribution in [0.15, 0.2) is 36.4 Å². The number of nitrogens with zero attached hydrogens (tertiary/aromatic N) is 1. The first-order valence-electron chi connectivity index (χ1n) is 6.20. The molecule has 23 heavy (non-hydrogen) atoms. The van der Waals surface area contributed by atoms with Gasteiger partial charge in [0.1, 0.15) is 11.5 Å². The van der Waals surface area contributed by atoms with Gasteiger partial charge in [-0.2, -0.15) is 0 Å². The number of nitrogens with one attached hydrogen (secondary N) is 1. The molecule has 0 saturated heterocycles. The van der Waals surface area contributed by atoms with Crippen LogP contribution < -0.4 is 10.8 Å². The van der Waals surface area contributed by atoms with Crippen LogP contribution in [0.4, 0.5) is 15.8 Å². The van der Waals surface area contributed by atoms with Gasteiger partial charge in [0.05, 0.1) is 11.0 Å². The Morgan fingerprint density at radius 2 is 1.96 bits per heavy atom. The average Bonchev–Trinajstić information content (AvgIpc) is 2.48. The third-order valence-corrected chi connectivity index (χ3v) is 3.29. The van der Waals surface area contributed by atoms with E-state index >= 15 is 0 Å². The lowest BCUT2D eigenvalue weighted by atomic mass is 9.79. The molecule has 0 aliphatic rings. The summed E-state index contributed by atoms with van der Waals surface area (Å²) in [7, 11) is -1.88. The summed E-state index contributed by atoms with van der Waals surface area (Å²) in [6, 6.07) is 6.43. The molecular formula is C13H9BClFN2O5. The molecule has 0 saturated carbocycles. The van der Waals surface area contributed by atoms with E-state index in [0.717, 1.165) is 18.2 Å². The first-order valence-corrected chi connectivity index (χ1v) is 6.58. The van der Waals surface area contributed by atoms with E-state index in [1.54, 1.807) is 0 Å². The number of hydrogen-bond acceptors (Lipinski definition) is 5. The summed E-state index contributed by atoms with van der Waals surface area (Å²) in [6.07, 6.45) is 0. The van der Waals surface area contributed by atoms with E-state index in [2.05, 4.69) is 5.32 Å². The number of amides is 1. The average molecular weight is 338 g/mol. The topological polar surface area (TPSA) is 113 Å². The van der Waals surface area contributed by atoms with Gasteiger partial charge in [0.2, 0.25) is 0 Å². The lowest BCUT2D eigenvalue weighted by Gasteiger charge is -2.08. The van der Waals surface area contributed by atoms with E-state index in [-0.39, 0.29) is 21.7 Å². The molecule has 0 heterocycles. The molecule has 0 bridgehead atoms. The zero-order valence-electron chi connectivity index (χ0n) is 11.4. The van der Waals surface area contributed by atoms with Gasteiger partial charge in [-0.3, -0.25) is 14.9 Å². The van der Waals surface area contributed by atoms with Gasteiger partial charge < -0.3 is 15.4 Å². The minimum absolute atomic E-state index is 0.00359. The Labute approximate surface area is 134 Å². The molecule has 2 aromatic rings. The van der Waals surface area contributed by atoms with Crippen LogP contribution in [0.3, 0.4) is 0 Å². The number of nitro groups is 1. The molecule has 0 aliphatic heterocycles. The van der Waals surface area contributed by atoms with Gasteiger partial charge in [-0.15, -0.1) is 0 Å². The maximum Gasteiger partial charge on any atom is 0.489 e. The molecule has 0 aliphatic carbocycles. The van der Waals surface area contributed by atoms with Gasteiger partial charge in [0, 0.05) is 16.0 Å². The Morgan fingerprint density at radius 3 is 2.57 bits per heavy atom. The molecule has 0 radical (unpaired) electrons. The molecule has 1 amide bonds. The minimum Gasteiger partial charge on any atom is -0.423 e. The van der Waals surface area contributed by atoms with Crippen molar-refractivity contribution in [3.63, 3.8) is 0 Å². The van der Waals surface area contributed by atoms with Crippen molar-refractivity contribution in [3.05, 3.63) is 62.9 Å². The SMILES string of the molecule is O=C(Nc1ccc(F)cc1[N+](=O)[O-])c1ccc(Cl)c(B(O)O)c1. The molecule has 10 heteroatoms. The minimum atomic E-state index is -1.88. The number of anilines is 1. The van der Waals surface area contributed by atoms with Crippen molar-refractivity contribution in [1.29, 1.82) is 0 Å². The number of hydrogen-bond donors (Lipinski definition) is 3. The van der Waals surface area contributed by atoms with Crippen molar-refractivity contribution in [2.24, 2.45) is 0 Å². The third-order valence-electron chi connectivity index (χ3n) is 2.94. The van der Waals surface area contributed by atoms with Gasteiger partial charge in [-0.25, -0.2) is 4.39 Å². The molecule has 3 N–H and O–H groups in total. The van der Waals surface area contributed by atoms with Crippen LogP contribution in [-0.2, 0) is 0 Å². The van der Waals surface area contributed by atoms with Gasteiger partial charge >= 0.3 is 7.12 Å². The van der Waals surface area contributed by atoms with Crippen molar-refractivity contribution < 1.29 is 24.2 Å². The van der Waals surface area contributed by atoms with E-state index in [9.17, 15) is 19.3 Å². The van der Waals surface area contributed by atoms with Gasteiger partial charge in [0.15, 0.2) is 0 Å². The predicted octanol–water partition coefficient (Wildman–Crippen LogP) is 1.32. The Morgan fingerprint density at radius 1 is 1.26 bits per heavy atom. The number of benzene rings is 2. The molecule has 0 aromatic heterocycles. The van der Waals surface area contributed by atoms with E-state index in [0.29, 0.717) is 6.07 Å². The predicted molar refractivity (Wildman–Crippen MR) is 82.3 cm³/mol. The maximum absolute atomic E-state index is 13.1. The highest BCUT2D eigenvalue weighted by molar-refractivity contribution is 6.62. The molecule has 2 aromatic carbocycles. The number of carbonyl (C=O) groups excluding carboxylic acids is 1. The zero-order chi connectivity index (χ0) is 17.1. The highest BCUT2D eigenvalue weighted by Crippen LogP contribution is 2.25. The Kier molecular flexibility index (Phi) is 4.94. The van der Waals surface area contributed by atoms with Crippen LogP contribution in [0, 0.1) is 15.9 Å². The van der Waals surface area contributed by atoms with E-state index < -0.39 is 29.5 Å². The van der Waals surface area contributed by atoms with E-state index in [4.69, 9.17) is 21.6 Å². The highest BCUT2D eigenvalue weighted by atomic mass is 35.5. The number of carbonyl (C=O) groups is 1. The van der Waals surface area contributed by atoms with Crippen molar-refractivity contribution in [1.82, 2.24) is 0 Å². The quantitative estimate of drug-likeness (QED) is 0.442. The summed E-state index contributed by atoms with van der Waals surface area (Å²) in [6.45, 7) is 0. The maximum atomic E-state index is 13.1. The zero-order valence-corrected chi connectivity index (χ0v) is 12.1. The second kappa shape index (κ2) is 6.74. The molecule has 0 unspecified atom stereocenters. The molecular weight excluding hydrogens is 329 g/mol. The first-order chi connectivity index (χ1) is 10.8. The van der Waals surface area contributed by atoms with Crippen molar-refractivity contribution >= 4 is 41.5 Å². The summed E-state index contributed by atoms with van der Waals surface area (Å²) < 4.78 is 13.1. The standard InChI is InChI=1S/C13H9BClFN2O5/c15-10-3-1-7(5-9(10)14(20)21)13(19)17-11-4-2-8(16)6-12(11)18(22)23/h1-6,20-21H,(H,17,19). The summed E-state index contributed by atoms with van der Waals surface area (Å²) in [5.41, 5.74) is -0.888. The molecule has 2 rings (SSSR count). The lowest BCUT2D eigenvalue weighted by molar-refractivity contribution is -0.384. The van der Waals surface area contributed by atoms with Gasteiger partial charge in [-0.05, 0) is 30.3 Å². The largest absolute Gasteiger partial charge is 0.489 e. The fraction of sp³-hybridized carbons (Fsp3) is 0. The van der Waals surface area contributed by atoms with Crippen LogP contribution in [0.5, 0.6) is 0 Å². The van der Waals surface area contributed by atoms with Crippen LogP contribution in [0.2, 0.25) is 5.02 Å². The highest BCUT2D eigenvalue weighted by Gasteiger charge is 2.20. The second-order valence-corrected chi connectivity index (χ2v) is 4.89. The Balaban J connectivity index is 2.33. The summed E-state index contributed by atoms with van der Waals surface area (Å²) in [5, 5.41) is 31.5. The molecule has 0 spiro atoms. The fourth-order valence-electron chi connectivity index (χ4n) is 1.84. The number of rotatable bonds is 4. The van der Waals surface area contributed by atoms with Crippen LogP contribution >= 0.6 is 11.6 Å². The summed E-state index contributed by atoms with van der Waals surface area (Å²) in [5.74, 6) is -1.56. The smallest absolute Gasteiger partial charge is 0.423 e. The lowest BCUT2D eigenvalue weighted by Crippen LogP contribution is -2.32.